The molecule has 2 aromatic rings. The van der Waals surface area contributed by atoms with Crippen LogP contribution in [0.25, 0.3) is 6.08 Å². The Balaban J connectivity index is 1.86. The summed E-state index contributed by atoms with van der Waals surface area (Å²) in [6.07, 6.45) is 4.38. The maximum atomic E-state index is 11.9. The van der Waals surface area contributed by atoms with Gasteiger partial charge in [0, 0.05) is 38.1 Å². The number of methoxy groups -OCH3 is 1. The smallest absolute Gasteiger partial charge is 0.288 e. The molecule has 0 radical (unpaired) electrons. The van der Waals surface area contributed by atoms with Gasteiger partial charge in [0.25, 0.3) is 5.69 Å². The van der Waals surface area contributed by atoms with Crippen molar-refractivity contribution in [2.24, 2.45) is 0 Å². The summed E-state index contributed by atoms with van der Waals surface area (Å²) in [6, 6.07) is 7.81. The third kappa shape index (κ3) is 6.69. The zero-order valence-electron chi connectivity index (χ0n) is 14.6. The van der Waals surface area contributed by atoms with Gasteiger partial charge in [-0.1, -0.05) is 23.7 Å². The Hall–Kier alpha value is -2.97. The maximum absolute atomic E-state index is 11.9. The molecular weight excluding hydrogens is 374 g/mol. The number of amides is 1. The second-order valence-corrected chi connectivity index (χ2v) is 5.77. The molecule has 1 N–H and O–H groups in total. The van der Waals surface area contributed by atoms with Crippen LogP contribution >= 0.6 is 11.6 Å². The fourth-order valence-corrected chi connectivity index (χ4v) is 2.21. The summed E-state index contributed by atoms with van der Waals surface area (Å²) in [7, 11) is 1.59. The van der Waals surface area contributed by atoms with Crippen molar-refractivity contribution in [3.63, 3.8) is 0 Å². The molecule has 1 aromatic carbocycles. The molecule has 0 fully saturated rings. The number of nitrogens with one attached hydrogen (secondary N) is 1. The molecule has 9 heteroatoms. The molecule has 8 nitrogen and oxygen atoms in total. The summed E-state index contributed by atoms with van der Waals surface area (Å²) in [4.78, 5) is 26.3. The summed E-state index contributed by atoms with van der Waals surface area (Å²) in [5.41, 5.74) is 1.09. The molecule has 0 unspecified atom stereocenters. The lowest BCUT2D eigenvalue weighted by molar-refractivity contribution is -0.384. The maximum Gasteiger partial charge on any atom is 0.288 e. The Kier molecular flexibility index (Phi) is 7.72. The molecule has 0 aliphatic heterocycles. The topological polar surface area (TPSA) is 104 Å². The third-order valence-electron chi connectivity index (χ3n) is 3.40. The zero-order chi connectivity index (χ0) is 19.6. The van der Waals surface area contributed by atoms with Gasteiger partial charge in [-0.3, -0.25) is 14.9 Å². The zero-order valence-corrected chi connectivity index (χ0v) is 15.3. The number of carbonyl (C=O) groups is 1. The number of rotatable bonds is 9. The Morgan fingerprint density at radius 2 is 2.15 bits per heavy atom. The number of nitro groups is 1. The normalized spacial score (nSPS) is 10.7. The van der Waals surface area contributed by atoms with Crippen LogP contribution < -0.4 is 10.1 Å². The van der Waals surface area contributed by atoms with Crippen molar-refractivity contribution in [2.45, 2.75) is 6.54 Å². The van der Waals surface area contributed by atoms with E-state index >= 15 is 0 Å². The van der Waals surface area contributed by atoms with E-state index < -0.39 is 4.92 Å². The lowest BCUT2D eigenvalue weighted by Crippen LogP contribution is -2.20. The van der Waals surface area contributed by atoms with E-state index in [1.54, 1.807) is 31.5 Å². The van der Waals surface area contributed by atoms with Crippen LogP contribution in [0, 0.1) is 10.1 Å². The van der Waals surface area contributed by atoms with E-state index in [0.717, 1.165) is 5.56 Å². The highest BCUT2D eigenvalue weighted by atomic mass is 35.5. The van der Waals surface area contributed by atoms with Crippen molar-refractivity contribution in [1.29, 1.82) is 0 Å². The SMILES string of the molecule is COCCOc1ccc(CNC(=O)/C=C/c2ccc(Cl)c([N+](=O)[O-])c2)cn1. The summed E-state index contributed by atoms with van der Waals surface area (Å²) >= 11 is 5.75. The van der Waals surface area contributed by atoms with E-state index in [9.17, 15) is 14.9 Å². The van der Waals surface area contributed by atoms with Crippen molar-refractivity contribution >= 4 is 29.3 Å². The summed E-state index contributed by atoms with van der Waals surface area (Å²) < 4.78 is 10.2. The molecule has 1 heterocycles. The first-order chi connectivity index (χ1) is 13.0. The number of nitrogens with zero attached hydrogens (tertiary/aromatic N) is 2. The van der Waals surface area contributed by atoms with Crippen LogP contribution in [0.5, 0.6) is 5.88 Å². The van der Waals surface area contributed by atoms with Crippen LogP contribution in [0.3, 0.4) is 0 Å². The van der Waals surface area contributed by atoms with E-state index in [1.165, 1.54) is 24.3 Å². The second kappa shape index (κ2) is 10.2. The molecule has 0 spiro atoms. The van der Waals surface area contributed by atoms with Gasteiger partial charge in [-0.05, 0) is 23.3 Å². The Labute approximate surface area is 160 Å². The van der Waals surface area contributed by atoms with Crippen molar-refractivity contribution in [1.82, 2.24) is 10.3 Å². The summed E-state index contributed by atoms with van der Waals surface area (Å²) in [6.45, 7) is 1.17. The van der Waals surface area contributed by atoms with Crippen LogP contribution in [-0.2, 0) is 16.1 Å². The lowest BCUT2D eigenvalue weighted by Gasteiger charge is -2.06. The molecule has 27 heavy (non-hydrogen) atoms. The number of aromatic nitrogens is 1. The molecule has 0 aliphatic carbocycles. The standard InChI is InChI=1S/C18H18ClN3O5/c1-26-8-9-27-18-7-4-14(12-21-18)11-20-17(23)6-3-13-2-5-15(19)16(10-13)22(24)25/h2-7,10,12H,8-9,11H2,1H3,(H,20,23)/b6-3+. The number of hydrogen-bond acceptors (Lipinski definition) is 6. The van der Waals surface area contributed by atoms with Gasteiger partial charge in [0.1, 0.15) is 11.6 Å². The molecule has 0 bridgehead atoms. The van der Waals surface area contributed by atoms with Crippen LogP contribution in [0.4, 0.5) is 5.69 Å². The molecule has 0 saturated heterocycles. The monoisotopic (exact) mass is 391 g/mol. The minimum Gasteiger partial charge on any atom is -0.475 e. The molecule has 0 atom stereocenters. The van der Waals surface area contributed by atoms with Gasteiger partial charge in [0.15, 0.2) is 0 Å². The quantitative estimate of drug-likeness (QED) is 0.305. The van der Waals surface area contributed by atoms with Gasteiger partial charge in [0.2, 0.25) is 11.8 Å². The van der Waals surface area contributed by atoms with Crippen LogP contribution in [-0.4, -0.2) is 36.1 Å². The number of carbonyl (C=O) groups excluding carboxylic acids is 1. The minimum atomic E-state index is -0.574. The minimum absolute atomic E-state index is 0.0451. The molecule has 0 aliphatic rings. The number of ether oxygens (including phenoxy) is 2. The highest BCUT2D eigenvalue weighted by molar-refractivity contribution is 6.32. The number of benzene rings is 1. The average molecular weight is 392 g/mol. The molecule has 0 saturated carbocycles. The molecule has 1 amide bonds. The van der Waals surface area contributed by atoms with Gasteiger partial charge >= 0.3 is 0 Å². The van der Waals surface area contributed by atoms with Crippen molar-refractivity contribution in [2.75, 3.05) is 20.3 Å². The number of hydrogen-bond donors (Lipinski definition) is 1. The molecule has 1 aromatic heterocycles. The van der Waals surface area contributed by atoms with Crippen LogP contribution in [0.1, 0.15) is 11.1 Å². The summed E-state index contributed by atoms with van der Waals surface area (Å²) in [5, 5.41) is 13.6. The average Bonchev–Trinajstić information content (AvgIpc) is 2.66. The summed E-state index contributed by atoms with van der Waals surface area (Å²) in [5.74, 6) is 0.138. The van der Waals surface area contributed by atoms with Gasteiger partial charge in [0.05, 0.1) is 11.5 Å². The van der Waals surface area contributed by atoms with Gasteiger partial charge in [-0.2, -0.15) is 0 Å². The first-order valence-electron chi connectivity index (χ1n) is 7.96. The van der Waals surface area contributed by atoms with E-state index in [4.69, 9.17) is 21.1 Å². The number of nitro benzene ring substituents is 1. The van der Waals surface area contributed by atoms with E-state index in [2.05, 4.69) is 10.3 Å². The van der Waals surface area contributed by atoms with E-state index in [0.29, 0.717) is 24.7 Å². The van der Waals surface area contributed by atoms with Crippen molar-refractivity contribution in [3.8, 4) is 5.88 Å². The first kappa shape index (κ1) is 20.3. The number of halogens is 1. The van der Waals surface area contributed by atoms with Gasteiger partial charge in [-0.15, -0.1) is 0 Å². The van der Waals surface area contributed by atoms with Gasteiger partial charge < -0.3 is 14.8 Å². The van der Waals surface area contributed by atoms with Crippen LogP contribution in [0.2, 0.25) is 5.02 Å². The number of pyridine rings is 1. The lowest BCUT2D eigenvalue weighted by atomic mass is 10.2. The molecule has 2 rings (SSSR count). The Morgan fingerprint density at radius 3 is 2.81 bits per heavy atom. The fraction of sp³-hybridized carbons (Fsp3) is 0.222. The van der Waals surface area contributed by atoms with E-state index in [-0.39, 0.29) is 23.2 Å². The highest BCUT2D eigenvalue weighted by Crippen LogP contribution is 2.25. The highest BCUT2D eigenvalue weighted by Gasteiger charge is 2.11. The van der Waals surface area contributed by atoms with E-state index in [1.807, 2.05) is 0 Å². The Morgan fingerprint density at radius 1 is 1.33 bits per heavy atom. The predicted molar refractivity (Wildman–Crippen MR) is 101 cm³/mol. The van der Waals surface area contributed by atoms with Gasteiger partial charge in [-0.25, -0.2) is 4.98 Å². The second-order valence-electron chi connectivity index (χ2n) is 5.37. The third-order valence-corrected chi connectivity index (χ3v) is 3.72. The largest absolute Gasteiger partial charge is 0.475 e. The van der Waals surface area contributed by atoms with Crippen molar-refractivity contribution in [3.05, 3.63) is 68.9 Å². The first-order valence-corrected chi connectivity index (χ1v) is 8.34. The Bertz CT molecular complexity index is 824. The molecular formula is C18H18ClN3O5. The molecule has 142 valence electrons. The van der Waals surface area contributed by atoms with Crippen molar-refractivity contribution < 1.29 is 19.2 Å². The van der Waals surface area contributed by atoms with Crippen LogP contribution in [0.15, 0.2) is 42.6 Å². The fourth-order valence-electron chi connectivity index (χ4n) is 2.02. The predicted octanol–water partition coefficient (Wildman–Crippen LogP) is 3.00.